The van der Waals surface area contributed by atoms with E-state index in [0.29, 0.717) is 30.8 Å². The van der Waals surface area contributed by atoms with Crippen molar-refractivity contribution in [2.45, 2.75) is 25.8 Å². The van der Waals surface area contributed by atoms with Crippen LogP contribution in [0.4, 0.5) is 0 Å². The number of nitrogens with zero attached hydrogens (tertiary/aromatic N) is 3. The molecule has 0 heterocycles. The van der Waals surface area contributed by atoms with Crippen LogP contribution in [0.15, 0.2) is 23.3 Å². The van der Waals surface area contributed by atoms with Crippen LogP contribution in [0.3, 0.4) is 0 Å². The van der Waals surface area contributed by atoms with Gasteiger partial charge >= 0.3 is 0 Å². The molecule has 0 aliphatic heterocycles. The predicted octanol–water partition coefficient (Wildman–Crippen LogP) is 1.99. The highest BCUT2D eigenvalue weighted by Gasteiger charge is 2.35. The number of methoxy groups -OCH3 is 1. The molecule has 21 heavy (non-hydrogen) atoms. The molecule has 7 nitrogen and oxygen atoms in total. The van der Waals surface area contributed by atoms with Crippen molar-refractivity contribution in [2.24, 2.45) is 10.8 Å². The van der Waals surface area contributed by atoms with Crippen LogP contribution in [0.25, 0.3) is 10.4 Å². The number of aryl methyl sites for hydroxylation is 1. The van der Waals surface area contributed by atoms with Gasteiger partial charge in [-0.05, 0) is 44.5 Å². The van der Waals surface area contributed by atoms with E-state index in [9.17, 15) is 4.79 Å². The second kappa shape index (κ2) is 7.52. The number of ether oxygens (including phenoxy) is 1. The molecule has 1 aromatic rings. The van der Waals surface area contributed by atoms with Crippen molar-refractivity contribution in [1.29, 1.82) is 0 Å². The lowest BCUT2D eigenvalue weighted by atomic mass is 9.89. The highest BCUT2D eigenvalue weighted by Crippen LogP contribution is 2.30. The Morgan fingerprint density at radius 1 is 1.57 bits per heavy atom. The average molecular weight is 291 g/mol. The first-order valence-electron chi connectivity index (χ1n) is 6.66. The first-order valence-corrected chi connectivity index (χ1v) is 6.66. The molecule has 0 bridgehead atoms. The van der Waals surface area contributed by atoms with Crippen LogP contribution in [-0.4, -0.2) is 26.1 Å². The summed E-state index contributed by atoms with van der Waals surface area (Å²) >= 11 is 0. The number of benzene rings is 1. The molecule has 0 fully saturated rings. The van der Waals surface area contributed by atoms with E-state index in [2.05, 4.69) is 15.3 Å². The molecule has 0 saturated heterocycles. The van der Waals surface area contributed by atoms with Gasteiger partial charge in [0.25, 0.3) is 0 Å². The van der Waals surface area contributed by atoms with Gasteiger partial charge < -0.3 is 10.5 Å². The maximum absolute atomic E-state index is 11.9. The van der Waals surface area contributed by atoms with Crippen molar-refractivity contribution in [3.63, 3.8) is 0 Å². The summed E-state index contributed by atoms with van der Waals surface area (Å²) in [5.74, 6) is 0.111. The van der Waals surface area contributed by atoms with Gasteiger partial charge in [-0.1, -0.05) is 16.7 Å². The van der Waals surface area contributed by atoms with Crippen LogP contribution in [-0.2, 0) is 10.3 Å². The molecule has 0 aliphatic carbocycles. The van der Waals surface area contributed by atoms with Crippen LogP contribution >= 0.6 is 0 Å². The molecular formula is C14H21N5O2. The molecule has 0 spiro atoms. The Hall–Kier alpha value is -2.24. The lowest BCUT2D eigenvalue weighted by Gasteiger charge is -2.30. The number of carbonyl (C=O) groups excluding carboxylic acids is 1. The van der Waals surface area contributed by atoms with Crippen molar-refractivity contribution in [1.82, 2.24) is 5.32 Å². The lowest BCUT2D eigenvalue weighted by Crippen LogP contribution is -2.51. The smallest absolute Gasteiger partial charge is 0.242 e. The molecule has 1 unspecified atom stereocenters. The summed E-state index contributed by atoms with van der Waals surface area (Å²) in [6.45, 7) is 4.52. The van der Waals surface area contributed by atoms with E-state index in [0.717, 1.165) is 5.56 Å². The van der Waals surface area contributed by atoms with Crippen LogP contribution in [0.5, 0.6) is 5.75 Å². The van der Waals surface area contributed by atoms with E-state index in [1.165, 1.54) is 0 Å². The Morgan fingerprint density at radius 3 is 2.86 bits per heavy atom. The molecule has 7 heteroatoms. The third-order valence-electron chi connectivity index (χ3n) is 3.36. The number of hydrogen-bond donors (Lipinski definition) is 2. The molecule has 1 amide bonds. The number of nitrogens with one attached hydrogen (secondary N) is 1. The van der Waals surface area contributed by atoms with Gasteiger partial charge in [-0.15, -0.1) is 0 Å². The van der Waals surface area contributed by atoms with Crippen LogP contribution in [0, 0.1) is 6.92 Å². The summed E-state index contributed by atoms with van der Waals surface area (Å²) in [5, 5.41) is 6.59. The molecule has 0 aromatic heterocycles. The molecule has 1 aromatic carbocycles. The maximum atomic E-state index is 11.9. The number of nitrogens with two attached hydrogens (primary N) is 1. The van der Waals surface area contributed by atoms with Gasteiger partial charge in [0.2, 0.25) is 5.91 Å². The Morgan fingerprint density at radius 2 is 2.29 bits per heavy atom. The first-order chi connectivity index (χ1) is 9.95. The summed E-state index contributed by atoms with van der Waals surface area (Å²) in [7, 11) is 1.55. The van der Waals surface area contributed by atoms with Crippen molar-refractivity contribution < 1.29 is 9.53 Å². The van der Waals surface area contributed by atoms with Crippen molar-refractivity contribution in [3.05, 3.63) is 39.8 Å². The summed E-state index contributed by atoms with van der Waals surface area (Å²) in [6.07, 6.45) is 0.612. The van der Waals surface area contributed by atoms with E-state index < -0.39 is 11.4 Å². The lowest BCUT2D eigenvalue weighted by molar-refractivity contribution is -0.124. The maximum Gasteiger partial charge on any atom is 0.242 e. The van der Waals surface area contributed by atoms with Crippen LogP contribution < -0.4 is 15.8 Å². The fourth-order valence-corrected chi connectivity index (χ4v) is 2.06. The number of amides is 1. The largest absolute Gasteiger partial charge is 0.496 e. The van der Waals surface area contributed by atoms with E-state index in [-0.39, 0.29) is 0 Å². The first kappa shape index (κ1) is 16.8. The minimum Gasteiger partial charge on any atom is -0.496 e. The Labute approximate surface area is 124 Å². The second-order valence-electron chi connectivity index (χ2n) is 4.93. The minimum atomic E-state index is -1.05. The molecule has 0 saturated carbocycles. The zero-order valence-corrected chi connectivity index (χ0v) is 12.6. The quantitative estimate of drug-likeness (QED) is 0.330. The molecule has 1 rings (SSSR count). The SMILES string of the molecule is COc1ccc(C)cc1C(C)(NCCCN=[N+]=[N-])C(N)=O. The highest BCUT2D eigenvalue weighted by atomic mass is 16.5. The molecule has 3 N–H and O–H groups in total. The van der Waals surface area contributed by atoms with E-state index in [4.69, 9.17) is 16.0 Å². The fourth-order valence-electron chi connectivity index (χ4n) is 2.06. The van der Waals surface area contributed by atoms with Gasteiger partial charge in [-0.25, -0.2) is 0 Å². The Balaban J connectivity index is 3.01. The molecular weight excluding hydrogens is 270 g/mol. The summed E-state index contributed by atoms with van der Waals surface area (Å²) < 4.78 is 5.33. The summed E-state index contributed by atoms with van der Waals surface area (Å²) in [5.41, 5.74) is 14.5. The number of carbonyl (C=O) groups is 1. The number of azide groups is 1. The number of rotatable bonds is 8. The molecule has 0 aliphatic rings. The zero-order chi connectivity index (χ0) is 15.9. The average Bonchev–Trinajstić information content (AvgIpc) is 2.46. The highest BCUT2D eigenvalue weighted by molar-refractivity contribution is 5.86. The Kier molecular flexibility index (Phi) is 6.02. The van der Waals surface area contributed by atoms with Crippen molar-refractivity contribution in [2.75, 3.05) is 20.2 Å². The molecule has 114 valence electrons. The third kappa shape index (κ3) is 4.11. The third-order valence-corrected chi connectivity index (χ3v) is 3.36. The topological polar surface area (TPSA) is 113 Å². The minimum absolute atomic E-state index is 0.364. The zero-order valence-electron chi connectivity index (χ0n) is 12.6. The van der Waals surface area contributed by atoms with E-state index in [1.54, 1.807) is 14.0 Å². The van der Waals surface area contributed by atoms with Gasteiger partial charge in [0.05, 0.1) is 7.11 Å². The normalized spacial score (nSPS) is 13.1. The van der Waals surface area contributed by atoms with Crippen molar-refractivity contribution >= 4 is 5.91 Å². The Bertz CT molecular complexity index is 554. The van der Waals surface area contributed by atoms with Crippen molar-refractivity contribution in [3.8, 4) is 5.75 Å². The second-order valence-corrected chi connectivity index (χ2v) is 4.93. The van der Waals surface area contributed by atoms with Gasteiger partial charge in [0.15, 0.2) is 0 Å². The van der Waals surface area contributed by atoms with Crippen LogP contribution in [0.1, 0.15) is 24.5 Å². The van der Waals surface area contributed by atoms with Gasteiger partial charge in [0.1, 0.15) is 11.3 Å². The van der Waals surface area contributed by atoms with Gasteiger partial charge in [-0.3, -0.25) is 10.1 Å². The number of primary amides is 1. The monoisotopic (exact) mass is 291 g/mol. The number of hydrogen-bond acceptors (Lipinski definition) is 4. The van der Waals surface area contributed by atoms with E-state index in [1.807, 2.05) is 25.1 Å². The summed E-state index contributed by atoms with van der Waals surface area (Å²) in [6, 6.07) is 5.60. The predicted molar refractivity (Wildman–Crippen MR) is 80.9 cm³/mol. The van der Waals surface area contributed by atoms with Gasteiger partial charge in [-0.2, -0.15) is 0 Å². The molecule has 1 atom stereocenters. The fraction of sp³-hybridized carbons (Fsp3) is 0.500. The molecule has 0 radical (unpaired) electrons. The summed E-state index contributed by atoms with van der Waals surface area (Å²) in [4.78, 5) is 14.6. The van der Waals surface area contributed by atoms with Gasteiger partial charge in [0, 0.05) is 17.0 Å². The van der Waals surface area contributed by atoms with E-state index >= 15 is 0 Å². The van der Waals surface area contributed by atoms with Crippen LogP contribution in [0.2, 0.25) is 0 Å². The standard InChI is InChI=1S/C14H21N5O2/c1-10-5-6-12(21-3)11(9-10)14(2,13(15)20)17-7-4-8-18-19-16/h5-6,9,17H,4,7-8H2,1-3H3,(H2,15,20).